The average Bonchev–Trinajstić information content (AvgIpc) is 2.63. The highest BCUT2D eigenvalue weighted by Crippen LogP contribution is 2.08. The Hall–Kier alpha value is -0.0600. The molecule has 0 spiro atoms. The Morgan fingerprint density at radius 3 is 2.93 bits per heavy atom. The molecular formula is C11H20N2S2. The van der Waals surface area contributed by atoms with Crippen LogP contribution in [0.3, 0.4) is 0 Å². The van der Waals surface area contributed by atoms with Gasteiger partial charge in [-0.25, -0.2) is 4.98 Å². The minimum Gasteiger partial charge on any atom is -0.316 e. The minimum absolute atomic E-state index is 1.06. The van der Waals surface area contributed by atoms with Gasteiger partial charge in [-0.05, 0) is 38.3 Å². The highest BCUT2D eigenvalue weighted by Gasteiger charge is 1.97. The predicted molar refractivity (Wildman–Crippen MR) is 71.0 cm³/mol. The van der Waals surface area contributed by atoms with Gasteiger partial charge in [0.25, 0.3) is 0 Å². The van der Waals surface area contributed by atoms with Crippen molar-refractivity contribution in [1.29, 1.82) is 0 Å². The number of nitrogens with one attached hydrogen (secondary N) is 1. The molecule has 2 nitrogen and oxygen atoms in total. The van der Waals surface area contributed by atoms with Gasteiger partial charge in [-0.1, -0.05) is 0 Å². The fourth-order valence-corrected chi connectivity index (χ4v) is 2.60. The Morgan fingerprint density at radius 2 is 2.27 bits per heavy atom. The standard InChI is InChI=1S/C11H20N2S2/c1-10-9-15-11(13-10)5-7-12-6-3-4-8-14-2/h9,12H,3-8H2,1-2H3. The lowest BCUT2D eigenvalue weighted by Gasteiger charge is -2.02. The number of aromatic nitrogens is 1. The lowest BCUT2D eigenvalue weighted by Crippen LogP contribution is -2.18. The SMILES string of the molecule is CSCCCCNCCc1nc(C)cs1. The second-order valence-corrected chi connectivity index (χ2v) is 5.51. The van der Waals surface area contributed by atoms with Gasteiger partial charge in [-0.3, -0.25) is 0 Å². The number of hydrogen-bond donors (Lipinski definition) is 1. The van der Waals surface area contributed by atoms with Crippen LogP contribution in [-0.2, 0) is 6.42 Å². The van der Waals surface area contributed by atoms with Crippen LogP contribution in [0.4, 0.5) is 0 Å². The van der Waals surface area contributed by atoms with Crippen molar-refractivity contribution < 1.29 is 0 Å². The van der Waals surface area contributed by atoms with Crippen molar-refractivity contribution >= 4 is 23.1 Å². The lowest BCUT2D eigenvalue weighted by molar-refractivity contribution is 0.641. The summed E-state index contributed by atoms with van der Waals surface area (Å²) >= 11 is 3.70. The topological polar surface area (TPSA) is 24.9 Å². The summed E-state index contributed by atoms with van der Waals surface area (Å²) in [4.78, 5) is 4.43. The van der Waals surface area contributed by atoms with Gasteiger partial charge in [0.1, 0.15) is 0 Å². The molecule has 1 aromatic heterocycles. The van der Waals surface area contributed by atoms with E-state index in [2.05, 4.69) is 28.9 Å². The van der Waals surface area contributed by atoms with Crippen LogP contribution in [0.1, 0.15) is 23.5 Å². The molecule has 0 unspecified atom stereocenters. The Morgan fingerprint density at radius 1 is 1.40 bits per heavy atom. The Kier molecular flexibility index (Phi) is 7.05. The van der Waals surface area contributed by atoms with Crippen molar-refractivity contribution in [2.24, 2.45) is 0 Å². The van der Waals surface area contributed by atoms with Gasteiger partial charge >= 0.3 is 0 Å². The first-order valence-corrected chi connectivity index (χ1v) is 7.71. The summed E-state index contributed by atoms with van der Waals surface area (Å²) in [6, 6.07) is 0. The van der Waals surface area contributed by atoms with Gasteiger partial charge in [0.15, 0.2) is 0 Å². The number of thioether (sulfide) groups is 1. The second kappa shape index (κ2) is 8.13. The summed E-state index contributed by atoms with van der Waals surface area (Å²) in [6.07, 6.45) is 5.85. The van der Waals surface area contributed by atoms with E-state index in [1.54, 1.807) is 11.3 Å². The molecule has 0 saturated carbocycles. The van der Waals surface area contributed by atoms with Crippen molar-refractivity contribution in [1.82, 2.24) is 10.3 Å². The molecule has 1 heterocycles. The molecule has 15 heavy (non-hydrogen) atoms. The maximum Gasteiger partial charge on any atom is 0.0940 e. The number of aryl methyl sites for hydroxylation is 1. The van der Waals surface area contributed by atoms with Crippen LogP contribution < -0.4 is 5.32 Å². The van der Waals surface area contributed by atoms with Crippen molar-refractivity contribution in [2.75, 3.05) is 25.1 Å². The number of thiazole rings is 1. The van der Waals surface area contributed by atoms with Crippen molar-refractivity contribution in [2.45, 2.75) is 26.2 Å². The quantitative estimate of drug-likeness (QED) is 0.712. The fraction of sp³-hybridized carbons (Fsp3) is 0.727. The Balaban J connectivity index is 1.93. The smallest absolute Gasteiger partial charge is 0.0940 e. The summed E-state index contributed by atoms with van der Waals surface area (Å²) in [6.45, 7) is 4.26. The van der Waals surface area contributed by atoms with Gasteiger partial charge in [-0.15, -0.1) is 11.3 Å². The van der Waals surface area contributed by atoms with Gasteiger partial charge in [0.05, 0.1) is 5.01 Å². The van der Waals surface area contributed by atoms with Crippen molar-refractivity contribution in [3.05, 3.63) is 16.1 Å². The monoisotopic (exact) mass is 244 g/mol. The van der Waals surface area contributed by atoms with Crippen molar-refractivity contribution in [3.63, 3.8) is 0 Å². The third kappa shape index (κ3) is 6.17. The third-order valence-corrected chi connectivity index (χ3v) is 3.86. The number of nitrogens with zero attached hydrogens (tertiary/aromatic N) is 1. The molecule has 1 rings (SSSR count). The Bertz CT molecular complexity index is 261. The first-order chi connectivity index (χ1) is 7.33. The van der Waals surface area contributed by atoms with E-state index in [-0.39, 0.29) is 0 Å². The van der Waals surface area contributed by atoms with Gasteiger partial charge < -0.3 is 5.32 Å². The second-order valence-electron chi connectivity index (χ2n) is 3.58. The van der Waals surface area contributed by atoms with E-state index in [0.717, 1.165) is 25.2 Å². The third-order valence-electron chi connectivity index (χ3n) is 2.13. The van der Waals surface area contributed by atoms with Crippen LogP contribution in [-0.4, -0.2) is 30.1 Å². The maximum atomic E-state index is 4.43. The molecule has 1 aromatic rings. The predicted octanol–water partition coefficient (Wildman–Crippen LogP) is 2.73. The van der Waals surface area contributed by atoms with Gasteiger partial charge in [-0.2, -0.15) is 11.8 Å². The first-order valence-electron chi connectivity index (χ1n) is 5.43. The van der Waals surface area contributed by atoms with Crippen LogP contribution >= 0.6 is 23.1 Å². The van der Waals surface area contributed by atoms with E-state index in [0.29, 0.717) is 0 Å². The zero-order valence-electron chi connectivity index (χ0n) is 9.58. The lowest BCUT2D eigenvalue weighted by atomic mass is 10.3. The van der Waals surface area contributed by atoms with E-state index >= 15 is 0 Å². The highest BCUT2D eigenvalue weighted by atomic mass is 32.2. The molecule has 0 fully saturated rings. The van der Waals surface area contributed by atoms with E-state index in [9.17, 15) is 0 Å². The maximum absolute atomic E-state index is 4.43. The van der Waals surface area contributed by atoms with Gasteiger partial charge in [0.2, 0.25) is 0 Å². The molecule has 0 aliphatic carbocycles. The minimum atomic E-state index is 1.06. The van der Waals surface area contributed by atoms with E-state index < -0.39 is 0 Å². The van der Waals surface area contributed by atoms with Crippen LogP contribution in [0.5, 0.6) is 0 Å². The summed E-state index contributed by atoms with van der Waals surface area (Å²) in [5, 5.41) is 6.83. The summed E-state index contributed by atoms with van der Waals surface area (Å²) in [5.41, 5.74) is 1.15. The molecule has 0 aliphatic rings. The molecule has 1 N–H and O–H groups in total. The molecule has 0 aromatic carbocycles. The number of unbranched alkanes of at least 4 members (excludes halogenated alkanes) is 1. The van der Waals surface area contributed by atoms with Crippen LogP contribution in [0.2, 0.25) is 0 Å². The first kappa shape index (κ1) is 13.0. The molecule has 0 amide bonds. The summed E-state index contributed by atoms with van der Waals surface area (Å²) in [7, 11) is 0. The Labute approximate surface area is 101 Å². The molecule has 0 bridgehead atoms. The average molecular weight is 244 g/mol. The molecule has 0 saturated heterocycles. The number of rotatable bonds is 8. The van der Waals surface area contributed by atoms with Gasteiger partial charge in [0, 0.05) is 24.0 Å². The van der Waals surface area contributed by atoms with Crippen LogP contribution in [0.15, 0.2) is 5.38 Å². The van der Waals surface area contributed by atoms with Crippen LogP contribution in [0, 0.1) is 6.92 Å². The largest absolute Gasteiger partial charge is 0.316 e. The van der Waals surface area contributed by atoms with Crippen molar-refractivity contribution in [3.8, 4) is 0 Å². The van der Waals surface area contributed by atoms with Crippen LogP contribution in [0.25, 0.3) is 0 Å². The molecular weight excluding hydrogens is 224 g/mol. The normalized spacial score (nSPS) is 10.8. The van der Waals surface area contributed by atoms with E-state index in [1.807, 2.05) is 11.8 Å². The molecule has 0 radical (unpaired) electrons. The fourth-order valence-electron chi connectivity index (χ4n) is 1.33. The molecule has 0 atom stereocenters. The van der Waals surface area contributed by atoms with E-state index in [1.165, 1.54) is 23.6 Å². The summed E-state index contributed by atoms with van der Waals surface area (Å²) < 4.78 is 0. The number of hydrogen-bond acceptors (Lipinski definition) is 4. The summed E-state index contributed by atoms with van der Waals surface area (Å²) in [5.74, 6) is 1.29. The highest BCUT2D eigenvalue weighted by molar-refractivity contribution is 7.98. The molecule has 4 heteroatoms. The molecule has 0 aliphatic heterocycles. The molecule has 86 valence electrons. The van der Waals surface area contributed by atoms with E-state index in [4.69, 9.17) is 0 Å². The zero-order chi connectivity index (χ0) is 10.9. The zero-order valence-corrected chi connectivity index (χ0v) is 11.2.